The number of amides is 1. The van der Waals surface area contributed by atoms with Crippen LogP contribution in [0.25, 0.3) is 0 Å². The predicted molar refractivity (Wildman–Crippen MR) is 118 cm³/mol. The molecule has 1 aromatic rings. The van der Waals surface area contributed by atoms with E-state index in [0.717, 1.165) is 57.4 Å². The SMILES string of the molecule is CN=C(NCCCOCC1CCOC1)N1CCN(c2cnn(C)c2)C(=O)C1.I. The van der Waals surface area contributed by atoms with E-state index in [1.54, 1.807) is 22.8 Å². The highest BCUT2D eigenvalue weighted by molar-refractivity contribution is 14.0. The summed E-state index contributed by atoms with van der Waals surface area (Å²) in [6.07, 6.45) is 5.58. The lowest BCUT2D eigenvalue weighted by Crippen LogP contribution is -2.55. The van der Waals surface area contributed by atoms with Crippen LogP contribution in [-0.2, 0) is 21.3 Å². The van der Waals surface area contributed by atoms with Crippen LogP contribution in [0.15, 0.2) is 17.4 Å². The number of carbonyl (C=O) groups excluding carboxylic acids is 1. The number of aromatic nitrogens is 2. The van der Waals surface area contributed by atoms with Gasteiger partial charge in [-0.15, -0.1) is 24.0 Å². The van der Waals surface area contributed by atoms with Crippen molar-refractivity contribution >= 4 is 41.5 Å². The van der Waals surface area contributed by atoms with Gasteiger partial charge in [0.25, 0.3) is 0 Å². The highest BCUT2D eigenvalue weighted by Crippen LogP contribution is 2.16. The summed E-state index contributed by atoms with van der Waals surface area (Å²) in [5, 5.41) is 7.47. The summed E-state index contributed by atoms with van der Waals surface area (Å²) in [6, 6.07) is 0. The Morgan fingerprint density at radius 2 is 2.32 bits per heavy atom. The first kappa shape index (κ1) is 22.9. The van der Waals surface area contributed by atoms with Gasteiger partial charge < -0.3 is 24.6 Å². The molecular formula is C18H31IN6O3. The molecule has 158 valence electrons. The molecule has 0 bridgehead atoms. The first-order valence-electron chi connectivity index (χ1n) is 9.57. The minimum absolute atomic E-state index is 0. The van der Waals surface area contributed by atoms with Crippen molar-refractivity contribution in [1.82, 2.24) is 20.0 Å². The van der Waals surface area contributed by atoms with Crippen LogP contribution in [0.3, 0.4) is 0 Å². The van der Waals surface area contributed by atoms with Gasteiger partial charge in [0.05, 0.1) is 25.1 Å². The Hall–Kier alpha value is -1.40. The van der Waals surface area contributed by atoms with Gasteiger partial charge in [0.15, 0.2) is 5.96 Å². The number of guanidine groups is 1. The van der Waals surface area contributed by atoms with Crippen LogP contribution in [0.5, 0.6) is 0 Å². The lowest BCUT2D eigenvalue weighted by molar-refractivity contribution is -0.120. The number of anilines is 1. The molecule has 2 fully saturated rings. The number of nitrogens with zero attached hydrogens (tertiary/aromatic N) is 5. The van der Waals surface area contributed by atoms with E-state index in [1.165, 1.54) is 0 Å². The van der Waals surface area contributed by atoms with E-state index in [4.69, 9.17) is 9.47 Å². The average Bonchev–Trinajstić information content (AvgIpc) is 3.33. The molecule has 2 saturated heterocycles. The summed E-state index contributed by atoms with van der Waals surface area (Å²) in [5.41, 5.74) is 0.843. The number of carbonyl (C=O) groups is 1. The third-order valence-corrected chi connectivity index (χ3v) is 4.86. The van der Waals surface area contributed by atoms with Crippen molar-refractivity contribution in [2.45, 2.75) is 12.8 Å². The molecule has 1 aromatic heterocycles. The minimum atomic E-state index is 0. The second-order valence-corrected chi connectivity index (χ2v) is 6.97. The van der Waals surface area contributed by atoms with E-state index < -0.39 is 0 Å². The number of aliphatic imine (C=N–C) groups is 1. The summed E-state index contributed by atoms with van der Waals surface area (Å²) < 4.78 is 12.8. The summed E-state index contributed by atoms with van der Waals surface area (Å²) in [4.78, 5) is 20.6. The Morgan fingerprint density at radius 1 is 1.46 bits per heavy atom. The quantitative estimate of drug-likeness (QED) is 0.254. The van der Waals surface area contributed by atoms with Gasteiger partial charge in [0.2, 0.25) is 5.91 Å². The molecule has 2 aliphatic rings. The zero-order valence-corrected chi connectivity index (χ0v) is 19.0. The van der Waals surface area contributed by atoms with Crippen molar-refractivity contribution in [3.8, 4) is 0 Å². The Balaban J connectivity index is 0.00000280. The zero-order valence-electron chi connectivity index (χ0n) is 16.7. The molecular weight excluding hydrogens is 475 g/mol. The molecule has 1 unspecified atom stereocenters. The highest BCUT2D eigenvalue weighted by Gasteiger charge is 2.27. The van der Waals surface area contributed by atoms with Crippen molar-refractivity contribution in [1.29, 1.82) is 0 Å². The lowest BCUT2D eigenvalue weighted by Gasteiger charge is -2.35. The maximum absolute atomic E-state index is 12.5. The Morgan fingerprint density at radius 3 is 2.96 bits per heavy atom. The molecule has 3 rings (SSSR count). The number of ether oxygens (including phenoxy) is 2. The third-order valence-electron chi connectivity index (χ3n) is 4.86. The first-order valence-corrected chi connectivity index (χ1v) is 9.57. The van der Waals surface area contributed by atoms with Gasteiger partial charge in [-0.05, 0) is 12.8 Å². The number of rotatable bonds is 7. The fourth-order valence-corrected chi connectivity index (χ4v) is 3.35. The van der Waals surface area contributed by atoms with E-state index in [0.29, 0.717) is 25.6 Å². The van der Waals surface area contributed by atoms with Gasteiger partial charge >= 0.3 is 0 Å². The van der Waals surface area contributed by atoms with E-state index in [1.807, 2.05) is 18.1 Å². The molecule has 0 radical (unpaired) electrons. The van der Waals surface area contributed by atoms with Gasteiger partial charge in [-0.1, -0.05) is 0 Å². The Bertz CT molecular complexity index is 647. The van der Waals surface area contributed by atoms with Gasteiger partial charge in [-0.3, -0.25) is 14.5 Å². The molecule has 9 nitrogen and oxygen atoms in total. The van der Waals surface area contributed by atoms with Crippen LogP contribution < -0.4 is 10.2 Å². The third kappa shape index (κ3) is 6.31. The number of hydrogen-bond acceptors (Lipinski definition) is 5. The normalized spacial score (nSPS) is 20.4. The predicted octanol–water partition coefficient (Wildman–Crippen LogP) is 0.705. The van der Waals surface area contributed by atoms with Crippen molar-refractivity contribution in [2.75, 3.05) is 64.6 Å². The van der Waals surface area contributed by atoms with Crippen molar-refractivity contribution in [2.24, 2.45) is 18.0 Å². The summed E-state index contributed by atoms with van der Waals surface area (Å²) in [6.45, 7) is 5.62. The first-order chi connectivity index (χ1) is 13.2. The van der Waals surface area contributed by atoms with Crippen LogP contribution in [0, 0.1) is 5.92 Å². The number of aryl methyl sites for hydroxylation is 1. The Kier molecular flexibility index (Phi) is 9.45. The number of piperazine rings is 1. The second kappa shape index (κ2) is 11.6. The molecule has 1 N–H and O–H groups in total. The molecule has 28 heavy (non-hydrogen) atoms. The van der Waals surface area contributed by atoms with Crippen molar-refractivity contribution < 1.29 is 14.3 Å². The molecule has 3 heterocycles. The van der Waals surface area contributed by atoms with Gasteiger partial charge in [0, 0.05) is 59.1 Å². The maximum atomic E-state index is 12.5. The van der Waals surface area contributed by atoms with Gasteiger partial charge in [0.1, 0.15) is 6.54 Å². The zero-order chi connectivity index (χ0) is 19.1. The average molecular weight is 506 g/mol. The largest absolute Gasteiger partial charge is 0.381 e. The molecule has 0 aromatic carbocycles. The van der Waals surface area contributed by atoms with Gasteiger partial charge in [-0.25, -0.2) is 0 Å². The number of hydrogen-bond donors (Lipinski definition) is 1. The highest BCUT2D eigenvalue weighted by atomic mass is 127. The molecule has 0 spiro atoms. The second-order valence-electron chi connectivity index (χ2n) is 6.97. The van der Waals surface area contributed by atoms with Crippen LogP contribution in [-0.4, -0.2) is 86.2 Å². The topological polar surface area (TPSA) is 84.2 Å². The summed E-state index contributed by atoms with van der Waals surface area (Å²) in [5.74, 6) is 1.37. The standard InChI is InChI=1S/C18H30N6O3.HI/c1-19-18(20-5-3-8-26-13-15-4-9-27-14-15)23-6-7-24(17(25)12-23)16-10-21-22(2)11-16;/h10-11,15H,3-9,12-14H2,1-2H3,(H,19,20);1H. The number of nitrogens with one attached hydrogen (secondary N) is 1. The monoisotopic (exact) mass is 506 g/mol. The minimum Gasteiger partial charge on any atom is -0.381 e. The van der Waals surface area contributed by atoms with Gasteiger partial charge in [-0.2, -0.15) is 5.10 Å². The Labute approximate surface area is 183 Å². The summed E-state index contributed by atoms with van der Waals surface area (Å²) in [7, 11) is 3.60. The molecule has 1 amide bonds. The van der Waals surface area contributed by atoms with E-state index in [9.17, 15) is 4.79 Å². The smallest absolute Gasteiger partial charge is 0.246 e. The molecule has 0 saturated carbocycles. The number of halogens is 1. The molecule has 0 aliphatic carbocycles. The van der Waals surface area contributed by atoms with Crippen LogP contribution in [0.4, 0.5) is 5.69 Å². The molecule has 10 heteroatoms. The fourth-order valence-electron chi connectivity index (χ4n) is 3.35. The maximum Gasteiger partial charge on any atom is 0.246 e. The fraction of sp³-hybridized carbons (Fsp3) is 0.722. The van der Waals surface area contributed by atoms with Crippen LogP contribution in [0.1, 0.15) is 12.8 Å². The van der Waals surface area contributed by atoms with Crippen molar-refractivity contribution in [3.05, 3.63) is 12.4 Å². The van der Waals surface area contributed by atoms with Crippen LogP contribution in [0.2, 0.25) is 0 Å². The van der Waals surface area contributed by atoms with E-state index in [-0.39, 0.29) is 29.9 Å². The van der Waals surface area contributed by atoms with Crippen LogP contribution >= 0.6 is 24.0 Å². The lowest BCUT2D eigenvalue weighted by atomic mass is 10.1. The van der Waals surface area contributed by atoms with E-state index in [2.05, 4.69) is 15.4 Å². The molecule has 2 aliphatic heterocycles. The van der Waals surface area contributed by atoms with E-state index >= 15 is 0 Å². The molecule has 1 atom stereocenters. The summed E-state index contributed by atoms with van der Waals surface area (Å²) >= 11 is 0. The van der Waals surface area contributed by atoms with Crippen molar-refractivity contribution in [3.63, 3.8) is 0 Å².